The van der Waals surface area contributed by atoms with Crippen LogP contribution in [0.1, 0.15) is 13.8 Å². The van der Waals surface area contributed by atoms with Crippen molar-refractivity contribution in [3.05, 3.63) is 12.1 Å². The van der Waals surface area contributed by atoms with Crippen LogP contribution in [0.2, 0.25) is 0 Å². The SMILES string of the molecule is CC(O)CN(CC(C)O)c1ccc(NN)nn1. The maximum atomic E-state index is 9.39. The Morgan fingerprint density at radius 3 is 2.18 bits per heavy atom. The minimum absolute atomic E-state index is 0.384. The highest BCUT2D eigenvalue weighted by Crippen LogP contribution is 2.12. The van der Waals surface area contributed by atoms with Crippen LogP contribution in [0.5, 0.6) is 0 Å². The molecule has 1 aromatic rings. The Morgan fingerprint density at radius 2 is 1.82 bits per heavy atom. The molecule has 7 nitrogen and oxygen atoms in total. The lowest BCUT2D eigenvalue weighted by Crippen LogP contribution is -2.37. The maximum Gasteiger partial charge on any atom is 0.162 e. The van der Waals surface area contributed by atoms with E-state index in [1.807, 2.05) is 0 Å². The number of anilines is 2. The number of hydrogen-bond acceptors (Lipinski definition) is 7. The largest absolute Gasteiger partial charge is 0.392 e. The number of rotatable bonds is 6. The summed E-state index contributed by atoms with van der Waals surface area (Å²) in [4.78, 5) is 1.77. The highest BCUT2D eigenvalue weighted by molar-refractivity contribution is 5.43. The molecule has 0 fully saturated rings. The smallest absolute Gasteiger partial charge is 0.162 e. The van der Waals surface area contributed by atoms with E-state index in [-0.39, 0.29) is 0 Å². The van der Waals surface area contributed by atoms with Crippen molar-refractivity contribution in [2.24, 2.45) is 5.84 Å². The molecule has 0 aliphatic rings. The molecular formula is C10H19N5O2. The second-order valence-electron chi connectivity index (χ2n) is 4.02. The summed E-state index contributed by atoms with van der Waals surface area (Å²) in [5.74, 6) is 6.24. The van der Waals surface area contributed by atoms with E-state index >= 15 is 0 Å². The average molecular weight is 241 g/mol. The van der Waals surface area contributed by atoms with Gasteiger partial charge in [0.2, 0.25) is 0 Å². The first-order chi connectivity index (χ1) is 8.02. The van der Waals surface area contributed by atoms with Crippen molar-refractivity contribution in [1.29, 1.82) is 0 Å². The quantitative estimate of drug-likeness (QED) is 0.386. The molecule has 17 heavy (non-hydrogen) atoms. The van der Waals surface area contributed by atoms with Crippen LogP contribution in [0.3, 0.4) is 0 Å². The number of hydrazine groups is 1. The third kappa shape index (κ3) is 4.51. The van der Waals surface area contributed by atoms with E-state index in [1.165, 1.54) is 0 Å². The fourth-order valence-electron chi connectivity index (χ4n) is 1.47. The van der Waals surface area contributed by atoms with Crippen LogP contribution >= 0.6 is 0 Å². The molecule has 7 heteroatoms. The molecule has 0 aliphatic carbocycles. The van der Waals surface area contributed by atoms with Crippen molar-refractivity contribution < 1.29 is 10.2 Å². The average Bonchev–Trinajstić information content (AvgIpc) is 2.27. The molecule has 0 aromatic carbocycles. The number of aliphatic hydroxyl groups excluding tert-OH is 2. The third-order valence-electron chi connectivity index (χ3n) is 2.09. The lowest BCUT2D eigenvalue weighted by Gasteiger charge is -2.25. The van der Waals surface area contributed by atoms with Gasteiger partial charge in [0.1, 0.15) is 0 Å². The molecule has 0 saturated carbocycles. The Balaban J connectivity index is 2.79. The molecule has 0 radical (unpaired) electrons. The summed E-state index contributed by atoms with van der Waals surface area (Å²) >= 11 is 0. The van der Waals surface area contributed by atoms with Gasteiger partial charge < -0.3 is 20.5 Å². The van der Waals surface area contributed by atoms with Crippen molar-refractivity contribution >= 4 is 11.6 Å². The normalized spacial score (nSPS) is 14.2. The molecule has 0 amide bonds. The van der Waals surface area contributed by atoms with Gasteiger partial charge in [-0.05, 0) is 26.0 Å². The second kappa shape index (κ2) is 6.33. The fraction of sp³-hybridized carbons (Fsp3) is 0.600. The Hall–Kier alpha value is -1.44. The zero-order valence-corrected chi connectivity index (χ0v) is 10.0. The van der Waals surface area contributed by atoms with E-state index in [9.17, 15) is 10.2 Å². The fourth-order valence-corrected chi connectivity index (χ4v) is 1.47. The van der Waals surface area contributed by atoms with Crippen molar-refractivity contribution in [3.8, 4) is 0 Å². The predicted molar refractivity (Wildman–Crippen MR) is 65.4 cm³/mol. The summed E-state index contributed by atoms with van der Waals surface area (Å²) in [7, 11) is 0. The topological polar surface area (TPSA) is 108 Å². The van der Waals surface area contributed by atoms with Gasteiger partial charge in [-0.25, -0.2) is 5.84 Å². The molecule has 96 valence electrons. The van der Waals surface area contributed by atoms with E-state index in [2.05, 4.69) is 15.6 Å². The molecule has 1 rings (SSSR count). The van der Waals surface area contributed by atoms with E-state index in [0.29, 0.717) is 24.7 Å². The Bertz CT molecular complexity index is 318. The first-order valence-electron chi connectivity index (χ1n) is 5.44. The summed E-state index contributed by atoms with van der Waals surface area (Å²) in [6.07, 6.45) is -1.02. The van der Waals surface area contributed by atoms with Gasteiger partial charge in [0.15, 0.2) is 11.6 Å². The monoisotopic (exact) mass is 241 g/mol. The number of aromatic nitrogens is 2. The third-order valence-corrected chi connectivity index (χ3v) is 2.09. The van der Waals surface area contributed by atoms with Crippen molar-refractivity contribution in [2.75, 3.05) is 23.4 Å². The number of nitrogen functional groups attached to an aromatic ring is 1. The van der Waals surface area contributed by atoms with Gasteiger partial charge in [-0.1, -0.05) is 0 Å². The molecule has 1 heterocycles. The molecule has 2 unspecified atom stereocenters. The minimum atomic E-state index is -0.511. The molecule has 1 aromatic heterocycles. The van der Waals surface area contributed by atoms with Crippen LogP contribution in [-0.4, -0.2) is 45.7 Å². The van der Waals surface area contributed by atoms with Crippen LogP contribution in [0.25, 0.3) is 0 Å². The molecule has 0 bridgehead atoms. The van der Waals surface area contributed by atoms with E-state index in [0.717, 1.165) is 0 Å². The number of nitrogens with two attached hydrogens (primary N) is 1. The number of nitrogens with zero attached hydrogens (tertiary/aromatic N) is 3. The predicted octanol–water partition coefficient (Wildman–Crippen LogP) is -0.670. The van der Waals surface area contributed by atoms with Crippen LogP contribution in [0.15, 0.2) is 12.1 Å². The van der Waals surface area contributed by atoms with Crippen LogP contribution < -0.4 is 16.2 Å². The molecule has 2 atom stereocenters. The van der Waals surface area contributed by atoms with Crippen LogP contribution in [-0.2, 0) is 0 Å². The van der Waals surface area contributed by atoms with Crippen molar-refractivity contribution in [2.45, 2.75) is 26.1 Å². The molecule has 0 spiro atoms. The molecule has 5 N–H and O–H groups in total. The van der Waals surface area contributed by atoms with Crippen molar-refractivity contribution in [1.82, 2.24) is 10.2 Å². The summed E-state index contributed by atoms with van der Waals surface area (Å²) in [5.41, 5.74) is 2.38. The minimum Gasteiger partial charge on any atom is -0.392 e. The standard InChI is InChI=1S/C10H19N5O2/c1-7(16)5-15(6-8(2)17)10-4-3-9(12-11)13-14-10/h3-4,7-8,16-17H,5-6,11H2,1-2H3,(H,12,13). The number of aliphatic hydroxyl groups is 2. The second-order valence-corrected chi connectivity index (χ2v) is 4.02. The van der Waals surface area contributed by atoms with Crippen LogP contribution in [0, 0.1) is 0 Å². The van der Waals surface area contributed by atoms with Gasteiger partial charge in [0.25, 0.3) is 0 Å². The van der Waals surface area contributed by atoms with E-state index in [1.54, 1.807) is 30.9 Å². The summed E-state index contributed by atoms with van der Waals surface area (Å²) in [6, 6.07) is 3.41. The van der Waals surface area contributed by atoms with Crippen molar-refractivity contribution in [3.63, 3.8) is 0 Å². The Kier molecular flexibility index (Phi) is 5.08. The Morgan fingerprint density at radius 1 is 1.24 bits per heavy atom. The highest BCUT2D eigenvalue weighted by atomic mass is 16.3. The molecule has 0 saturated heterocycles. The zero-order chi connectivity index (χ0) is 12.8. The number of nitrogens with one attached hydrogen (secondary N) is 1. The summed E-state index contributed by atoms with van der Waals surface area (Å²) in [5, 5.41) is 26.6. The Labute approximate surface area is 100 Å². The molecular weight excluding hydrogens is 222 g/mol. The van der Waals surface area contributed by atoms with E-state index < -0.39 is 12.2 Å². The van der Waals surface area contributed by atoms with Gasteiger partial charge >= 0.3 is 0 Å². The lowest BCUT2D eigenvalue weighted by atomic mass is 10.3. The first-order valence-corrected chi connectivity index (χ1v) is 5.44. The zero-order valence-electron chi connectivity index (χ0n) is 10.0. The van der Waals surface area contributed by atoms with E-state index in [4.69, 9.17) is 5.84 Å². The molecule has 0 aliphatic heterocycles. The first kappa shape index (κ1) is 13.6. The summed E-state index contributed by atoms with van der Waals surface area (Å²) < 4.78 is 0. The lowest BCUT2D eigenvalue weighted by molar-refractivity contribution is 0.177. The van der Waals surface area contributed by atoms with Gasteiger partial charge in [0, 0.05) is 13.1 Å². The van der Waals surface area contributed by atoms with Gasteiger partial charge in [-0.15, -0.1) is 10.2 Å². The maximum absolute atomic E-state index is 9.39. The van der Waals surface area contributed by atoms with Gasteiger partial charge in [0.05, 0.1) is 12.2 Å². The highest BCUT2D eigenvalue weighted by Gasteiger charge is 2.13. The summed E-state index contributed by atoms with van der Waals surface area (Å²) in [6.45, 7) is 4.13. The number of hydrogen-bond donors (Lipinski definition) is 4. The van der Waals surface area contributed by atoms with Crippen LogP contribution in [0.4, 0.5) is 11.6 Å². The van der Waals surface area contributed by atoms with Gasteiger partial charge in [-0.3, -0.25) is 0 Å². The van der Waals surface area contributed by atoms with Gasteiger partial charge in [-0.2, -0.15) is 0 Å².